The number of fused-ring (bicyclic) bond motifs is 1. The Bertz CT molecular complexity index is 864. The molecule has 3 atom stereocenters. The molecule has 6 heteroatoms. The lowest BCUT2D eigenvalue weighted by Crippen LogP contribution is -2.57. The molecule has 30 heavy (non-hydrogen) atoms. The maximum Gasteiger partial charge on any atom is 0.238 e. The molecule has 0 radical (unpaired) electrons. The number of rotatable bonds is 5. The van der Waals surface area contributed by atoms with Crippen LogP contribution in [0.1, 0.15) is 50.3 Å². The number of nitrogens with zero attached hydrogens (tertiary/aromatic N) is 3. The quantitative estimate of drug-likeness (QED) is 0.796. The Kier molecular flexibility index (Phi) is 6.25. The van der Waals surface area contributed by atoms with Crippen molar-refractivity contribution in [3.63, 3.8) is 0 Å². The first-order valence-electron chi connectivity index (χ1n) is 11.3. The number of aryl methyl sites for hydroxylation is 2. The van der Waals surface area contributed by atoms with Gasteiger partial charge in [-0.25, -0.2) is 0 Å². The van der Waals surface area contributed by atoms with Crippen molar-refractivity contribution >= 4 is 11.6 Å². The smallest absolute Gasteiger partial charge is 0.238 e. The van der Waals surface area contributed by atoms with Gasteiger partial charge in [-0.3, -0.25) is 14.4 Å². The summed E-state index contributed by atoms with van der Waals surface area (Å²) in [4.78, 5) is 15.4. The van der Waals surface area contributed by atoms with Crippen LogP contribution in [-0.2, 0) is 18.3 Å². The summed E-state index contributed by atoms with van der Waals surface area (Å²) < 4.78 is 1.74. The number of aromatic nitrogens is 2. The molecule has 4 rings (SSSR count). The van der Waals surface area contributed by atoms with Gasteiger partial charge in [-0.05, 0) is 51.6 Å². The maximum atomic E-state index is 12.9. The van der Waals surface area contributed by atoms with Crippen LogP contribution in [0.15, 0.2) is 36.5 Å². The monoisotopic (exact) mass is 409 g/mol. The third-order valence-electron chi connectivity index (χ3n) is 6.94. The van der Waals surface area contributed by atoms with E-state index in [9.17, 15) is 4.79 Å². The lowest BCUT2D eigenvalue weighted by atomic mass is 9.84. The molecule has 162 valence electrons. The van der Waals surface area contributed by atoms with Gasteiger partial charge in [0.15, 0.2) is 0 Å². The predicted octanol–water partition coefficient (Wildman–Crippen LogP) is 3.27. The first-order valence-corrected chi connectivity index (χ1v) is 11.3. The number of carbonyl (C=O) groups excluding carboxylic acids is 1. The number of nitrogens with one attached hydrogen (secondary N) is 2. The van der Waals surface area contributed by atoms with Crippen molar-refractivity contribution in [2.45, 2.75) is 70.0 Å². The third kappa shape index (κ3) is 4.60. The molecule has 1 aromatic carbocycles. The molecule has 0 spiro atoms. The minimum atomic E-state index is 0.00118. The van der Waals surface area contributed by atoms with Crippen LogP contribution in [0.2, 0.25) is 0 Å². The van der Waals surface area contributed by atoms with Gasteiger partial charge in [0.2, 0.25) is 5.91 Å². The zero-order chi connectivity index (χ0) is 21.1. The largest absolute Gasteiger partial charge is 0.322 e. The summed E-state index contributed by atoms with van der Waals surface area (Å²) in [6.45, 7) is 5.70. The highest BCUT2D eigenvalue weighted by molar-refractivity contribution is 5.92. The van der Waals surface area contributed by atoms with Gasteiger partial charge in [-0.2, -0.15) is 5.10 Å². The van der Waals surface area contributed by atoms with Crippen molar-refractivity contribution < 1.29 is 4.79 Å². The van der Waals surface area contributed by atoms with Crippen LogP contribution in [0.4, 0.5) is 5.69 Å². The summed E-state index contributed by atoms with van der Waals surface area (Å²) in [5.41, 5.74) is 3.04. The Labute approximate surface area is 180 Å². The summed E-state index contributed by atoms with van der Waals surface area (Å²) in [5, 5.41) is 11.3. The van der Waals surface area contributed by atoms with Gasteiger partial charge >= 0.3 is 0 Å². The van der Waals surface area contributed by atoms with E-state index in [0.29, 0.717) is 18.6 Å². The number of amides is 1. The molecule has 2 saturated heterocycles. The predicted molar refractivity (Wildman–Crippen MR) is 120 cm³/mol. The topological polar surface area (TPSA) is 62.2 Å². The van der Waals surface area contributed by atoms with E-state index in [2.05, 4.69) is 57.9 Å². The Morgan fingerprint density at radius 2 is 2.07 bits per heavy atom. The lowest BCUT2D eigenvalue weighted by Gasteiger charge is -2.43. The van der Waals surface area contributed by atoms with Gasteiger partial charge in [0.05, 0.1) is 17.9 Å². The van der Waals surface area contributed by atoms with Crippen LogP contribution in [0.5, 0.6) is 0 Å². The van der Waals surface area contributed by atoms with Crippen molar-refractivity contribution in [3.05, 3.63) is 47.8 Å². The second-order valence-electron chi connectivity index (χ2n) is 9.29. The minimum absolute atomic E-state index is 0.00118. The number of anilines is 1. The van der Waals surface area contributed by atoms with E-state index in [1.807, 2.05) is 20.2 Å². The number of benzene rings is 1. The Balaban J connectivity index is 1.47. The molecular weight excluding hydrogens is 374 g/mol. The van der Waals surface area contributed by atoms with E-state index in [0.717, 1.165) is 37.2 Å². The van der Waals surface area contributed by atoms with Gasteiger partial charge in [0, 0.05) is 30.9 Å². The molecule has 0 unspecified atom stereocenters. The van der Waals surface area contributed by atoms with E-state index >= 15 is 0 Å². The molecule has 1 aromatic heterocycles. The van der Waals surface area contributed by atoms with Crippen molar-refractivity contribution in [2.24, 2.45) is 7.05 Å². The van der Waals surface area contributed by atoms with E-state index < -0.39 is 0 Å². The van der Waals surface area contributed by atoms with Gasteiger partial charge in [-0.1, -0.05) is 43.2 Å². The molecule has 3 heterocycles. The molecule has 2 aromatic rings. The van der Waals surface area contributed by atoms with Crippen LogP contribution < -0.4 is 10.6 Å². The molecule has 2 fully saturated rings. The highest BCUT2D eigenvalue weighted by Gasteiger charge is 2.47. The van der Waals surface area contributed by atoms with E-state index in [1.165, 1.54) is 24.8 Å². The average Bonchev–Trinajstić information content (AvgIpc) is 3.18. The van der Waals surface area contributed by atoms with E-state index in [1.54, 1.807) is 4.68 Å². The van der Waals surface area contributed by atoms with Crippen molar-refractivity contribution in [2.75, 3.05) is 18.4 Å². The fraction of sp³-hybridized carbons (Fsp3) is 0.583. The summed E-state index contributed by atoms with van der Waals surface area (Å²) in [6, 6.07) is 11.6. The molecule has 0 saturated carbocycles. The zero-order valence-corrected chi connectivity index (χ0v) is 18.5. The normalized spacial score (nSPS) is 27.3. The van der Waals surface area contributed by atoms with Gasteiger partial charge in [0.25, 0.3) is 0 Å². The third-order valence-corrected chi connectivity index (χ3v) is 6.94. The maximum absolute atomic E-state index is 12.9. The van der Waals surface area contributed by atoms with Crippen LogP contribution in [0.25, 0.3) is 0 Å². The SMILES string of the molecule is Cc1nn(C)cc1NC(=O)CN1CCCCC[C@@H]2N[C@H](Cc3ccccc3)C[C@@]21C. The standard InChI is InChI=1S/C24H35N5O/c1-18-21(16-28(3)27-18)26-23(30)17-29-13-9-5-8-12-22-24(29,2)15-20(25-22)14-19-10-6-4-7-11-19/h4,6-7,10-11,16,20,22,25H,5,8-9,12-15,17H2,1-3H3,(H,26,30)/t20-,22+,24+/m1/s1. The summed E-state index contributed by atoms with van der Waals surface area (Å²) in [6.07, 6.45) is 8.83. The average molecular weight is 410 g/mol. The molecular formula is C24H35N5O. The lowest BCUT2D eigenvalue weighted by molar-refractivity contribution is -0.119. The summed E-state index contributed by atoms with van der Waals surface area (Å²) in [5.74, 6) is 0.0538. The second kappa shape index (κ2) is 8.90. The van der Waals surface area contributed by atoms with E-state index in [4.69, 9.17) is 0 Å². The minimum Gasteiger partial charge on any atom is -0.322 e. The van der Waals surface area contributed by atoms with E-state index in [-0.39, 0.29) is 11.4 Å². The van der Waals surface area contributed by atoms with Crippen LogP contribution in [0.3, 0.4) is 0 Å². The first kappa shape index (κ1) is 21.1. The Hall–Kier alpha value is -2.18. The zero-order valence-electron chi connectivity index (χ0n) is 18.5. The van der Waals surface area contributed by atoms with Gasteiger partial charge < -0.3 is 10.6 Å². The molecule has 6 nitrogen and oxygen atoms in total. The fourth-order valence-corrected chi connectivity index (χ4v) is 5.37. The van der Waals surface area contributed by atoms with Crippen LogP contribution in [0, 0.1) is 6.92 Å². The number of likely N-dealkylation sites (tertiary alicyclic amines) is 1. The van der Waals surface area contributed by atoms with Crippen LogP contribution in [-0.4, -0.2) is 51.3 Å². The van der Waals surface area contributed by atoms with Crippen molar-refractivity contribution in [1.82, 2.24) is 20.0 Å². The van der Waals surface area contributed by atoms with Crippen LogP contribution >= 0.6 is 0 Å². The Morgan fingerprint density at radius 3 is 2.80 bits per heavy atom. The van der Waals surface area contributed by atoms with Crippen molar-refractivity contribution in [1.29, 1.82) is 0 Å². The summed E-state index contributed by atoms with van der Waals surface area (Å²) in [7, 11) is 1.88. The summed E-state index contributed by atoms with van der Waals surface area (Å²) >= 11 is 0. The highest BCUT2D eigenvalue weighted by atomic mass is 16.2. The second-order valence-corrected chi connectivity index (χ2v) is 9.29. The number of hydrogen-bond donors (Lipinski definition) is 2. The van der Waals surface area contributed by atoms with Gasteiger partial charge in [0.1, 0.15) is 0 Å². The highest BCUT2D eigenvalue weighted by Crippen LogP contribution is 2.37. The molecule has 2 N–H and O–H groups in total. The molecule has 2 aliphatic heterocycles. The van der Waals surface area contributed by atoms with Crippen molar-refractivity contribution in [3.8, 4) is 0 Å². The molecule has 2 aliphatic rings. The number of carbonyl (C=O) groups is 1. The first-order chi connectivity index (χ1) is 14.4. The molecule has 1 amide bonds. The fourth-order valence-electron chi connectivity index (χ4n) is 5.37. The Morgan fingerprint density at radius 1 is 1.27 bits per heavy atom. The molecule has 0 aliphatic carbocycles. The van der Waals surface area contributed by atoms with Gasteiger partial charge in [-0.15, -0.1) is 0 Å². The number of hydrogen-bond acceptors (Lipinski definition) is 4. The molecule has 0 bridgehead atoms.